The Morgan fingerprint density at radius 1 is 0.853 bits per heavy atom. The SMILES string of the molecule is CC(C)[C@@H]1CC[C@]2(C(=O)O)CC[C@]3(C)[C@H](CC[C@@H]4[C@@]5(C)CCC(O)C(C)(CO)[C@@H]5CC[C@]43C)[C@@H]12. The smallest absolute Gasteiger partial charge is 0.309 e. The molecule has 194 valence electrons. The summed E-state index contributed by atoms with van der Waals surface area (Å²) in [5.74, 6) is 2.27. The Balaban J connectivity index is 1.56. The van der Waals surface area contributed by atoms with Crippen LogP contribution in [-0.2, 0) is 4.79 Å². The first-order chi connectivity index (χ1) is 15.8. The highest BCUT2D eigenvalue weighted by Gasteiger charge is 2.72. The molecule has 4 nitrogen and oxygen atoms in total. The van der Waals surface area contributed by atoms with Crippen molar-refractivity contribution >= 4 is 5.97 Å². The van der Waals surface area contributed by atoms with Gasteiger partial charge in [-0.3, -0.25) is 4.79 Å². The van der Waals surface area contributed by atoms with Crippen LogP contribution >= 0.6 is 0 Å². The van der Waals surface area contributed by atoms with Crippen LogP contribution in [0.3, 0.4) is 0 Å². The standard InChI is InChI=1S/C30H50O4/c1-18(2)19-9-14-30(25(33)34)16-15-28(5)20(24(19)30)7-8-22-26(3)12-11-23(32)27(4,17-31)21(26)10-13-29(22,28)6/h18-24,31-32H,7-17H2,1-6H3,(H,33,34)/t19-,20+,21+,22+,23?,24+,26-,27?,28+,29+,30-/m0/s1. The van der Waals surface area contributed by atoms with Crippen molar-refractivity contribution < 1.29 is 20.1 Å². The first-order valence-corrected chi connectivity index (χ1v) is 14.3. The average molecular weight is 475 g/mol. The fraction of sp³-hybridized carbons (Fsp3) is 0.967. The molecular formula is C30H50O4. The van der Waals surface area contributed by atoms with Crippen molar-refractivity contribution in [3.63, 3.8) is 0 Å². The van der Waals surface area contributed by atoms with Crippen molar-refractivity contribution in [1.29, 1.82) is 0 Å². The molecule has 5 aliphatic rings. The van der Waals surface area contributed by atoms with Gasteiger partial charge in [0, 0.05) is 5.41 Å². The van der Waals surface area contributed by atoms with Crippen LogP contribution < -0.4 is 0 Å². The van der Waals surface area contributed by atoms with Crippen LogP contribution in [0, 0.1) is 62.6 Å². The molecule has 0 aromatic rings. The lowest BCUT2D eigenvalue weighted by Crippen LogP contribution is -2.67. The predicted octanol–water partition coefficient (Wildman–Crippen LogP) is 6.14. The number of hydrogen-bond acceptors (Lipinski definition) is 3. The molecule has 0 radical (unpaired) electrons. The Bertz CT molecular complexity index is 840. The third-order valence-electron chi connectivity index (χ3n) is 13.9. The maximum absolute atomic E-state index is 12.8. The van der Waals surface area contributed by atoms with Crippen LogP contribution in [0.4, 0.5) is 0 Å². The van der Waals surface area contributed by atoms with E-state index in [2.05, 4.69) is 41.5 Å². The van der Waals surface area contributed by atoms with Crippen LogP contribution in [0.25, 0.3) is 0 Å². The molecule has 11 atom stereocenters. The number of carbonyl (C=O) groups is 1. The Morgan fingerprint density at radius 3 is 2.18 bits per heavy atom. The Morgan fingerprint density at radius 2 is 1.56 bits per heavy atom. The van der Waals surface area contributed by atoms with Gasteiger partial charge in [-0.25, -0.2) is 0 Å². The minimum atomic E-state index is -0.523. The van der Waals surface area contributed by atoms with E-state index in [0.717, 1.165) is 57.8 Å². The molecule has 5 fully saturated rings. The van der Waals surface area contributed by atoms with Gasteiger partial charge in [0.15, 0.2) is 0 Å². The van der Waals surface area contributed by atoms with Crippen LogP contribution in [0.1, 0.15) is 106 Å². The van der Waals surface area contributed by atoms with E-state index in [1.807, 2.05) is 0 Å². The quantitative estimate of drug-likeness (QED) is 0.459. The third-order valence-corrected chi connectivity index (χ3v) is 13.9. The van der Waals surface area contributed by atoms with Crippen molar-refractivity contribution in [1.82, 2.24) is 0 Å². The van der Waals surface area contributed by atoms with Crippen molar-refractivity contribution in [2.75, 3.05) is 6.61 Å². The van der Waals surface area contributed by atoms with Gasteiger partial charge in [0.1, 0.15) is 0 Å². The summed E-state index contributed by atoms with van der Waals surface area (Å²) < 4.78 is 0. The number of carboxylic acid groups (broad SMARTS) is 1. The Hall–Kier alpha value is -0.610. The molecule has 5 rings (SSSR count). The summed E-state index contributed by atoms with van der Waals surface area (Å²) in [6.45, 7) is 14.4. The summed E-state index contributed by atoms with van der Waals surface area (Å²) >= 11 is 0. The van der Waals surface area contributed by atoms with Crippen molar-refractivity contribution in [3.8, 4) is 0 Å². The normalized spacial score (nSPS) is 56.9. The zero-order valence-corrected chi connectivity index (χ0v) is 22.6. The van der Waals surface area contributed by atoms with E-state index in [9.17, 15) is 20.1 Å². The second kappa shape index (κ2) is 7.70. The van der Waals surface area contributed by atoms with Crippen molar-refractivity contribution in [2.45, 2.75) is 112 Å². The molecule has 3 N–H and O–H groups in total. The van der Waals surface area contributed by atoms with E-state index in [1.54, 1.807) is 0 Å². The first-order valence-electron chi connectivity index (χ1n) is 14.3. The van der Waals surface area contributed by atoms with Gasteiger partial charge in [0.25, 0.3) is 0 Å². The number of aliphatic hydroxyl groups excluding tert-OH is 2. The Labute approximate surface area is 207 Å². The van der Waals surface area contributed by atoms with E-state index < -0.39 is 22.9 Å². The molecule has 34 heavy (non-hydrogen) atoms. The summed E-state index contributed by atoms with van der Waals surface area (Å²) in [6.07, 6.45) is 9.81. The molecule has 0 amide bonds. The highest BCUT2D eigenvalue weighted by atomic mass is 16.4. The highest BCUT2D eigenvalue weighted by molar-refractivity contribution is 5.76. The maximum atomic E-state index is 12.8. The second-order valence-corrected chi connectivity index (χ2v) is 14.8. The topological polar surface area (TPSA) is 77.8 Å². The maximum Gasteiger partial charge on any atom is 0.309 e. The predicted molar refractivity (Wildman–Crippen MR) is 134 cm³/mol. The fourth-order valence-corrected chi connectivity index (χ4v) is 11.8. The lowest BCUT2D eigenvalue weighted by atomic mass is 9.32. The lowest BCUT2D eigenvalue weighted by molar-refractivity contribution is -0.255. The molecule has 2 unspecified atom stereocenters. The monoisotopic (exact) mass is 474 g/mol. The van der Waals surface area contributed by atoms with Gasteiger partial charge in [-0.2, -0.15) is 0 Å². The van der Waals surface area contributed by atoms with Gasteiger partial charge in [-0.1, -0.05) is 41.5 Å². The fourth-order valence-electron chi connectivity index (χ4n) is 11.8. The van der Waals surface area contributed by atoms with Crippen LogP contribution in [0.15, 0.2) is 0 Å². The molecule has 0 aromatic heterocycles. The largest absolute Gasteiger partial charge is 0.481 e. The van der Waals surface area contributed by atoms with Gasteiger partial charge >= 0.3 is 5.97 Å². The van der Waals surface area contributed by atoms with Crippen LogP contribution in [-0.4, -0.2) is 34.0 Å². The van der Waals surface area contributed by atoms with Gasteiger partial charge in [0.2, 0.25) is 0 Å². The molecule has 0 aromatic carbocycles. The van der Waals surface area contributed by atoms with Crippen LogP contribution in [0.2, 0.25) is 0 Å². The first kappa shape index (κ1) is 25.1. The highest BCUT2D eigenvalue weighted by Crippen LogP contribution is 2.77. The molecule has 0 saturated heterocycles. The summed E-state index contributed by atoms with van der Waals surface area (Å²) in [4.78, 5) is 12.8. The lowest BCUT2D eigenvalue weighted by Gasteiger charge is -2.72. The number of aliphatic carboxylic acids is 1. The van der Waals surface area contributed by atoms with E-state index in [-0.39, 0.29) is 22.9 Å². The van der Waals surface area contributed by atoms with Crippen LogP contribution in [0.5, 0.6) is 0 Å². The minimum Gasteiger partial charge on any atom is -0.481 e. The van der Waals surface area contributed by atoms with Gasteiger partial charge in [-0.05, 0) is 116 Å². The van der Waals surface area contributed by atoms with Gasteiger partial charge < -0.3 is 15.3 Å². The van der Waals surface area contributed by atoms with E-state index >= 15 is 0 Å². The molecule has 0 heterocycles. The van der Waals surface area contributed by atoms with E-state index in [4.69, 9.17) is 0 Å². The summed E-state index contributed by atoms with van der Waals surface area (Å²) in [7, 11) is 0. The summed E-state index contributed by atoms with van der Waals surface area (Å²) in [5.41, 5.74) is -0.434. The molecule has 4 heteroatoms. The molecule has 5 saturated carbocycles. The molecule has 0 aliphatic heterocycles. The van der Waals surface area contributed by atoms with E-state index in [1.165, 1.54) is 6.42 Å². The van der Waals surface area contributed by atoms with Gasteiger partial charge in [0.05, 0.1) is 18.1 Å². The summed E-state index contributed by atoms with van der Waals surface area (Å²) in [6, 6.07) is 0. The number of fused-ring (bicyclic) bond motifs is 7. The molecule has 0 spiro atoms. The average Bonchev–Trinajstić information content (AvgIpc) is 3.18. The summed E-state index contributed by atoms with van der Waals surface area (Å²) in [5, 5.41) is 31.9. The van der Waals surface area contributed by atoms with Crippen molar-refractivity contribution in [3.05, 3.63) is 0 Å². The minimum absolute atomic E-state index is 0.0665. The Kier molecular flexibility index (Phi) is 5.67. The second-order valence-electron chi connectivity index (χ2n) is 14.8. The van der Waals surface area contributed by atoms with Crippen molar-refractivity contribution in [2.24, 2.45) is 62.6 Å². The number of aliphatic hydroxyl groups is 2. The number of hydrogen-bond donors (Lipinski definition) is 3. The molecule has 5 aliphatic carbocycles. The zero-order chi connectivity index (χ0) is 24.9. The molecule has 0 bridgehead atoms. The number of rotatable bonds is 3. The molecular weight excluding hydrogens is 424 g/mol. The third kappa shape index (κ3) is 2.82. The number of carboxylic acids is 1. The van der Waals surface area contributed by atoms with E-state index in [0.29, 0.717) is 35.5 Å². The van der Waals surface area contributed by atoms with Gasteiger partial charge in [-0.15, -0.1) is 0 Å². The zero-order valence-electron chi connectivity index (χ0n) is 22.6.